The minimum atomic E-state index is -4.94. The van der Waals surface area contributed by atoms with Crippen molar-refractivity contribution in [2.75, 3.05) is 78.5 Å². The molecule has 3 aromatic heterocycles. The number of nitrogens with zero attached hydrogens (tertiary/aromatic N) is 9. The van der Waals surface area contributed by atoms with Gasteiger partial charge >= 0.3 is 37.3 Å². The van der Waals surface area contributed by atoms with Gasteiger partial charge in [0.2, 0.25) is 0 Å². The Kier molecular flexibility index (Phi) is 42.3. The first-order chi connectivity index (χ1) is 34.7. The number of halogens is 3. The normalized spacial score (nSPS) is 10.4. The Hall–Kier alpha value is -4.09. The van der Waals surface area contributed by atoms with Crippen molar-refractivity contribution < 1.29 is 153 Å². The summed E-state index contributed by atoms with van der Waals surface area (Å²) in [6.45, 7) is 30.6. The molecule has 6 amide bonds. The summed E-state index contributed by atoms with van der Waals surface area (Å²) in [5, 5.41) is 0. The first-order valence-electron chi connectivity index (χ1n) is 23.3. The molecule has 0 saturated carbocycles. The third kappa shape index (κ3) is 34.6. The van der Waals surface area contributed by atoms with E-state index in [2.05, 4.69) is 15.0 Å². The minimum Gasteiger partial charge on any atom is -0.338 e. The van der Waals surface area contributed by atoms with Crippen LogP contribution in [0.25, 0.3) is 0 Å². The maximum Gasteiger partial charge on any atom is 3.00 e. The number of hydrogen-bond donors (Lipinski definition) is 0. The Balaban J connectivity index is -0.000000447. The number of rotatable bonds is 18. The summed E-state index contributed by atoms with van der Waals surface area (Å²) in [4.78, 5) is 96.2. The molecule has 3 aromatic rings. The second kappa shape index (κ2) is 41.0. The van der Waals surface area contributed by atoms with Crippen LogP contribution >= 0.6 is 0 Å². The van der Waals surface area contributed by atoms with E-state index in [0.29, 0.717) is 113 Å². The van der Waals surface area contributed by atoms with Crippen molar-refractivity contribution in [1.82, 2.24) is 44.4 Å². The summed E-state index contributed by atoms with van der Waals surface area (Å²) in [6.07, 6.45) is 0. The average molecular weight is 1300 g/mol. The van der Waals surface area contributed by atoms with Crippen LogP contribution in [-0.4, -0.2) is 158 Å². The molecule has 3 rings (SSSR count). The predicted octanol–water partition coefficient (Wildman–Crippen LogP) is -8.13. The molecule has 0 atom stereocenters. The van der Waals surface area contributed by atoms with E-state index in [-0.39, 0.29) is 72.7 Å². The first kappa shape index (κ1) is 78.4. The van der Waals surface area contributed by atoms with Crippen LogP contribution in [0.4, 0.5) is 0 Å². The van der Waals surface area contributed by atoms with Crippen LogP contribution in [0.15, 0.2) is 54.6 Å². The first-order valence-corrected chi connectivity index (χ1v) is 27.0. The van der Waals surface area contributed by atoms with Crippen LogP contribution in [0.5, 0.6) is 0 Å². The molecule has 435 valence electrons. The zero-order chi connectivity index (χ0) is 58.9. The van der Waals surface area contributed by atoms with Gasteiger partial charge in [-0.3, -0.25) is 28.8 Å². The van der Waals surface area contributed by atoms with Crippen LogP contribution in [0.3, 0.4) is 0 Å². The summed E-state index contributed by atoms with van der Waals surface area (Å²) in [6, 6.07) is 15.0. The van der Waals surface area contributed by atoms with Gasteiger partial charge in [0.1, 0.15) is 34.2 Å². The fraction of sp³-hybridized carbons (Fsp3) is 0.533. The number of carbonyl (C=O) groups is 6. The van der Waals surface area contributed by atoms with Gasteiger partial charge in [-0.05, 0) is 119 Å². The molecule has 0 saturated heterocycles. The molecule has 0 N–H and O–H groups in total. The molecule has 0 aromatic carbocycles. The van der Waals surface area contributed by atoms with Gasteiger partial charge in [-0.25, -0.2) is 70.9 Å². The van der Waals surface area contributed by atoms with E-state index in [1.165, 1.54) is 0 Å². The minimum absolute atomic E-state index is 0. The van der Waals surface area contributed by atoms with E-state index in [1.54, 1.807) is 84.0 Å². The molecule has 27 nitrogen and oxygen atoms in total. The summed E-state index contributed by atoms with van der Waals surface area (Å²) < 4.78 is 102. The maximum absolute atomic E-state index is 12.2. The molecule has 0 aliphatic carbocycles. The molecule has 1 radical (unpaired) electrons. The molecular weight excluding hydrogens is 1230 g/mol. The molecule has 3 heterocycles. The molecular formula is C45H69Cl3ErN9O18. The second-order valence-electron chi connectivity index (χ2n) is 14.2. The maximum atomic E-state index is 12.2. The van der Waals surface area contributed by atoms with Crippen LogP contribution in [0.1, 0.15) is 146 Å². The van der Waals surface area contributed by atoms with Gasteiger partial charge in [0.05, 0.1) is 0 Å². The largest absolute Gasteiger partial charge is 3.00 e. The average Bonchev–Trinajstić information content (AvgIpc) is 3.35. The Labute approximate surface area is 479 Å². The third-order valence-electron chi connectivity index (χ3n) is 9.87. The Morgan fingerprint density at radius 3 is 0.461 bits per heavy atom. The van der Waals surface area contributed by atoms with Crippen molar-refractivity contribution in [2.45, 2.75) is 83.1 Å². The monoisotopic (exact) mass is 1290 g/mol. The van der Waals surface area contributed by atoms with E-state index < -0.39 is 30.7 Å². The number of amides is 6. The van der Waals surface area contributed by atoms with E-state index in [4.69, 9.17) is 55.9 Å². The van der Waals surface area contributed by atoms with E-state index in [1.807, 2.05) is 83.1 Å². The van der Waals surface area contributed by atoms with Crippen LogP contribution in [0, 0.1) is 68.0 Å². The van der Waals surface area contributed by atoms with E-state index in [0.717, 1.165) is 0 Å². The quantitative estimate of drug-likeness (QED) is 0.114. The summed E-state index contributed by atoms with van der Waals surface area (Å²) in [5.41, 5.74) is 1.95. The Morgan fingerprint density at radius 2 is 0.382 bits per heavy atom. The zero-order valence-electron chi connectivity index (χ0n) is 44.5. The number of carbonyl (C=O) groups excluding carboxylic acids is 6. The molecule has 0 unspecified atom stereocenters. The van der Waals surface area contributed by atoms with Crippen molar-refractivity contribution in [3.05, 3.63) is 88.8 Å². The van der Waals surface area contributed by atoms with E-state index >= 15 is 0 Å². The fourth-order valence-electron chi connectivity index (χ4n) is 6.06. The molecule has 0 spiro atoms. The third-order valence-corrected chi connectivity index (χ3v) is 9.87. The van der Waals surface area contributed by atoms with Crippen LogP contribution in [0.2, 0.25) is 0 Å². The van der Waals surface area contributed by atoms with Gasteiger partial charge in [0.15, 0.2) is 0 Å². The van der Waals surface area contributed by atoms with Crippen LogP contribution < -0.4 is 55.9 Å². The van der Waals surface area contributed by atoms with Gasteiger partial charge in [0.25, 0.3) is 35.4 Å². The molecule has 0 fully saturated rings. The number of hydrogen-bond acceptors (Lipinski definition) is 21. The van der Waals surface area contributed by atoms with E-state index in [9.17, 15) is 28.8 Å². The molecule has 31 heteroatoms. The Bertz CT molecular complexity index is 1780. The topological polar surface area (TPSA) is 437 Å². The molecule has 0 bridgehead atoms. The van der Waals surface area contributed by atoms with Crippen molar-refractivity contribution in [3.8, 4) is 0 Å². The zero-order valence-corrected chi connectivity index (χ0v) is 48.6. The summed E-state index contributed by atoms with van der Waals surface area (Å²) in [7, 11) is -14.8. The van der Waals surface area contributed by atoms with Gasteiger partial charge in [0, 0.05) is 78.5 Å². The van der Waals surface area contributed by atoms with Gasteiger partial charge in [-0.15, -0.1) is 30.7 Å². The molecule has 0 aliphatic rings. The van der Waals surface area contributed by atoms with Gasteiger partial charge in [-0.2, -0.15) is 0 Å². The predicted molar refractivity (Wildman–Crippen MR) is 236 cm³/mol. The molecule has 76 heavy (non-hydrogen) atoms. The summed E-state index contributed by atoms with van der Waals surface area (Å²) in [5.74, 6) is -0.810. The SMILES string of the molecule is CCN(CC)C(=O)c1cccc(C(=O)N(CC)CC)n1.CCN(CC)C(=O)c1cccc(C(=O)N(CC)CC)n1.CCN(CC)C(=O)c1cccc(C(=O)N(CC)CC)n1.[Er+3].[O-][Cl+3]([O-])([O-])[O-].[O-][Cl+3]([O-])([O-])[O-].[O-][Cl+3]([O-])([O-])[O-]. The fourth-order valence-corrected chi connectivity index (χ4v) is 6.06. The van der Waals surface area contributed by atoms with Crippen LogP contribution in [-0.2, 0) is 0 Å². The number of aromatic nitrogens is 3. The standard InChI is InChI=1S/3C15H23N3O2.3ClHO4.Er/c3*1-5-17(6-2)14(19)12-10-9-11-13(16-12)15(20)18(7-3)8-4;3*2-1(3,4)5;/h3*9-11H,5-8H2,1-4H3;3*(H,2,3,4,5);/q;;;;;;+3/p-3. The Morgan fingerprint density at radius 1 is 0.289 bits per heavy atom. The van der Waals surface area contributed by atoms with Crippen molar-refractivity contribution in [1.29, 1.82) is 0 Å². The smallest absolute Gasteiger partial charge is 0.338 e. The van der Waals surface area contributed by atoms with Gasteiger partial charge in [-0.1, -0.05) is 18.2 Å². The second-order valence-corrected chi connectivity index (χ2v) is 16.5. The van der Waals surface area contributed by atoms with Crippen molar-refractivity contribution in [3.63, 3.8) is 0 Å². The van der Waals surface area contributed by atoms with Crippen molar-refractivity contribution in [2.24, 2.45) is 0 Å². The summed E-state index contributed by atoms with van der Waals surface area (Å²) >= 11 is 0. The number of pyridine rings is 3. The van der Waals surface area contributed by atoms with Gasteiger partial charge < -0.3 is 29.4 Å². The van der Waals surface area contributed by atoms with Crippen molar-refractivity contribution >= 4 is 35.4 Å². The molecule has 0 aliphatic heterocycles.